The highest BCUT2D eigenvalue weighted by Gasteiger charge is 2.03. The van der Waals surface area contributed by atoms with E-state index in [1.165, 1.54) is 6.07 Å². The summed E-state index contributed by atoms with van der Waals surface area (Å²) in [5.41, 5.74) is 7.21. The summed E-state index contributed by atoms with van der Waals surface area (Å²) >= 11 is 0. The van der Waals surface area contributed by atoms with Crippen LogP contribution >= 0.6 is 0 Å². The van der Waals surface area contributed by atoms with Gasteiger partial charge in [0.2, 0.25) is 0 Å². The molecule has 1 aromatic rings. The van der Waals surface area contributed by atoms with Gasteiger partial charge in [-0.05, 0) is 37.5 Å². The Morgan fingerprint density at radius 2 is 2.17 bits per heavy atom. The quantitative estimate of drug-likeness (QED) is 0.716. The molecule has 1 unspecified atom stereocenters. The monoisotopic (exact) mass is 167 g/mol. The van der Waals surface area contributed by atoms with Crippen LogP contribution in [0.5, 0.6) is 0 Å². The Morgan fingerprint density at radius 1 is 1.50 bits per heavy atom. The van der Waals surface area contributed by atoms with Crippen LogP contribution in [0.25, 0.3) is 0 Å². The lowest BCUT2D eigenvalue weighted by molar-refractivity contribution is 0.595. The molecule has 2 heteroatoms. The van der Waals surface area contributed by atoms with E-state index >= 15 is 0 Å². The summed E-state index contributed by atoms with van der Waals surface area (Å²) in [5.74, 6) is -0.146. The average molecular weight is 167 g/mol. The Hall–Kier alpha value is -0.890. The van der Waals surface area contributed by atoms with Gasteiger partial charge in [-0.1, -0.05) is 12.1 Å². The molecule has 2 N–H and O–H groups in total. The van der Waals surface area contributed by atoms with Gasteiger partial charge in [-0.2, -0.15) is 0 Å². The van der Waals surface area contributed by atoms with E-state index < -0.39 is 0 Å². The fourth-order valence-electron chi connectivity index (χ4n) is 1.16. The summed E-state index contributed by atoms with van der Waals surface area (Å²) in [4.78, 5) is 0. The molecule has 0 bridgehead atoms. The molecule has 0 saturated heterocycles. The van der Waals surface area contributed by atoms with Gasteiger partial charge in [0, 0.05) is 6.04 Å². The first-order chi connectivity index (χ1) is 5.59. The van der Waals surface area contributed by atoms with Gasteiger partial charge in [0.25, 0.3) is 0 Å². The zero-order chi connectivity index (χ0) is 9.14. The van der Waals surface area contributed by atoms with Gasteiger partial charge in [0.15, 0.2) is 0 Å². The number of halogens is 1. The molecule has 0 saturated carbocycles. The molecular formula is C10H14FN. The molecule has 0 aliphatic heterocycles. The fourth-order valence-corrected chi connectivity index (χ4v) is 1.16. The van der Waals surface area contributed by atoms with E-state index in [2.05, 4.69) is 0 Å². The van der Waals surface area contributed by atoms with Gasteiger partial charge in [0.05, 0.1) is 0 Å². The highest BCUT2D eigenvalue weighted by molar-refractivity contribution is 5.23. The molecule has 0 fully saturated rings. The van der Waals surface area contributed by atoms with Crippen LogP contribution in [0, 0.1) is 12.7 Å². The molecule has 1 nitrogen and oxygen atoms in total. The van der Waals surface area contributed by atoms with E-state index in [1.54, 1.807) is 6.07 Å². The molecule has 66 valence electrons. The second-order valence-corrected chi connectivity index (χ2v) is 3.28. The third kappa shape index (κ3) is 2.31. The average Bonchev–Trinajstić information content (AvgIpc) is 1.94. The van der Waals surface area contributed by atoms with E-state index in [0.29, 0.717) is 12.0 Å². The Bertz CT molecular complexity index is 269. The maximum atomic E-state index is 13.2. The van der Waals surface area contributed by atoms with Crippen LogP contribution in [0.15, 0.2) is 18.2 Å². The second-order valence-electron chi connectivity index (χ2n) is 3.28. The predicted molar refractivity (Wildman–Crippen MR) is 48.5 cm³/mol. The minimum atomic E-state index is -0.146. The van der Waals surface area contributed by atoms with Gasteiger partial charge < -0.3 is 5.73 Å². The largest absolute Gasteiger partial charge is 0.328 e. The van der Waals surface area contributed by atoms with Gasteiger partial charge in [-0.3, -0.25) is 0 Å². The number of hydrogen-bond acceptors (Lipinski definition) is 1. The van der Waals surface area contributed by atoms with E-state index in [1.807, 2.05) is 19.9 Å². The predicted octanol–water partition coefficient (Wildman–Crippen LogP) is 2.02. The van der Waals surface area contributed by atoms with Crippen molar-refractivity contribution in [1.29, 1.82) is 0 Å². The first-order valence-electron chi connectivity index (χ1n) is 4.10. The molecule has 0 heterocycles. The molecule has 0 aromatic heterocycles. The number of rotatable bonds is 2. The Balaban J connectivity index is 2.86. The smallest absolute Gasteiger partial charge is 0.126 e. The first kappa shape index (κ1) is 9.20. The highest BCUT2D eigenvalue weighted by atomic mass is 19.1. The van der Waals surface area contributed by atoms with Crippen molar-refractivity contribution in [1.82, 2.24) is 0 Å². The van der Waals surface area contributed by atoms with Crippen molar-refractivity contribution in [3.8, 4) is 0 Å². The lowest BCUT2D eigenvalue weighted by atomic mass is 10.1. The highest BCUT2D eigenvalue weighted by Crippen LogP contribution is 2.11. The van der Waals surface area contributed by atoms with Crippen LogP contribution in [-0.2, 0) is 6.42 Å². The van der Waals surface area contributed by atoms with Gasteiger partial charge in [-0.25, -0.2) is 4.39 Å². The van der Waals surface area contributed by atoms with Crippen LogP contribution in [0.4, 0.5) is 4.39 Å². The summed E-state index contributed by atoms with van der Waals surface area (Å²) in [6.45, 7) is 3.75. The standard InChI is InChI=1S/C10H14FN/c1-7-3-4-9(6-8(2)12)10(11)5-7/h3-5,8H,6,12H2,1-2H3. The summed E-state index contributed by atoms with van der Waals surface area (Å²) in [5, 5.41) is 0. The van der Waals surface area contributed by atoms with E-state index in [-0.39, 0.29) is 11.9 Å². The molecule has 0 radical (unpaired) electrons. The van der Waals surface area contributed by atoms with Crippen molar-refractivity contribution < 1.29 is 4.39 Å². The van der Waals surface area contributed by atoms with E-state index in [4.69, 9.17) is 5.73 Å². The number of benzene rings is 1. The van der Waals surface area contributed by atoms with Crippen molar-refractivity contribution in [2.75, 3.05) is 0 Å². The molecular weight excluding hydrogens is 153 g/mol. The summed E-state index contributed by atoms with van der Waals surface area (Å²) in [7, 11) is 0. The third-order valence-corrected chi connectivity index (χ3v) is 1.75. The van der Waals surface area contributed by atoms with Crippen LogP contribution in [0.2, 0.25) is 0 Å². The number of aryl methyl sites for hydroxylation is 1. The maximum absolute atomic E-state index is 13.2. The molecule has 1 atom stereocenters. The number of nitrogens with two attached hydrogens (primary N) is 1. The van der Waals surface area contributed by atoms with E-state index in [0.717, 1.165) is 5.56 Å². The van der Waals surface area contributed by atoms with Crippen molar-refractivity contribution in [2.45, 2.75) is 26.3 Å². The lowest BCUT2D eigenvalue weighted by Crippen LogP contribution is -2.18. The third-order valence-electron chi connectivity index (χ3n) is 1.75. The van der Waals surface area contributed by atoms with Gasteiger partial charge in [-0.15, -0.1) is 0 Å². The Kier molecular flexibility index (Phi) is 2.82. The SMILES string of the molecule is Cc1ccc(CC(C)N)c(F)c1. The molecule has 0 aliphatic rings. The van der Waals surface area contributed by atoms with E-state index in [9.17, 15) is 4.39 Å². The fraction of sp³-hybridized carbons (Fsp3) is 0.400. The van der Waals surface area contributed by atoms with Gasteiger partial charge in [0.1, 0.15) is 5.82 Å². The second kappa shape index (κ2) is 3.68. The van der Waals surface area contributed by atoms with Crippen molar-refractivity contribution in [3.05, 3.63) is 35.1 Å². The Morgan fingerprint density at radius 3 is 2.67 bits per heavy atom. The molecule has 1 rings (SSSR count). The lowest BCUT2D eigenvalue weighted by Gasteiger charge is -2.06. The summed E-state index contributed by atoms with van der Waals surface area (Å²) in [6, 6.07) is 5.26. The normalized spacial score (nSPS) is 13.0. The molecule has 12 heavy (non-hydrogen) atoms. The van der Waals surface area contributed by atoms with Crippen molar-refractivity contribution in [3.63, 3.8) is 0 Å². The van der Waals surface area contributed by atoms with Crippen LogP contribution in [0.1, 0.15) is 18.1 Å². The number of hydrogen-bond donors (Lipinski definition) is 1. The van der Waals surface area contributed by atoms with Crippen LogP contribution in [0.3, 0.4) is 0 Å². The zero-order valence-electron chi connectivity index (χ0n) is 7.47. The Labute approximate surface area is 72.4 Å². The van der Waals surface area contributed by atoms with Crippen molar-refractivity contribution >= 4 is 0 Å². The zero-order valence-corrected chi connectivity index (χ0v) is 7.47. The van der Waals surface area contributed by atoms with Crippen LogP contribution < -0.4 is 5.73 Å². The van der Waals surface area contributed by atoms with Crippen LogP contribution in [-0.4, -0.2) is 6.04 Å². The molecule has 0 spiro atoms. The molecule has 0 amide bonds. The first-order valence-corrected chi connectivity index (χ1v) is 4.10. The molecule has 0 aliphatic carbocycles. The van der Waals surface area contributed by atoms with Gasteiger partial charge >= 0.3 is 0 Å². The summed E-state index contributed by atoms with van der Waals surface area (Å²) < 4.78 is 13.2. The molecule has 1 aromatic carbocycles. The summed E-state index contributed by atoms with van der Waals surface area (Å²) in [6.07, 6.45) is 0.603. The minimum Gasteiger partial charge on any atom is -0.328 e. The minimum absolute atomic E-state index is 0.0159. The van der Waals surface area contributed by atoms with Crippen molar-refractivity contribution in [2.24, 2.45) is 5.73 Å². The maximum Gasteiger partial charge on any atom is 0.126 e. The topological polar surface area (TPSA) is 26.0 Å².